The number of ether oxygens (including phenoxy) is 2. The van der Waals surface area contributed by atoms with E-state index < -0.39 is 0 Å². The molecule has 0 N–H and O–H groups in total. The van der Waals surface area contributed by atoms with Gasteiger partial charge in [0, 0.05) is 17.5 Å². The Kier molecular flexibility index (Phi) is 8.46. The molecule has 2 aromatic carbocycles. The Balaban J connectivity index is 0.000000645. The van der Waals surface area contributed by atoms with Crippen molar-refractivity contribution in [3.63, 3.8) is 0 Å². The third-order valence-corrected chi connectivity index (χ3v) is 6.73. The number of fused-ring (bicyclic) bond motifs is 7. The highest BCUT2D eigenvalue weighted by atomic mass is 16.5. The maximum absolute atomic E-state index is 6.35. The summed E-state index contributed by atoms with van der Waals surface area (Å²) in [6.45, 7) is 14.0. The van der Waals surface area contributed by atoms with Crippen molar-refractivity contribution in [3.05, 3.63) is 45.5 Å². The average Bonchev–Trinajstić information content (AvgIpc) is 2.91. The van der Waals surface area contributed by atoms with Gasteiger partial charge in [0.1, 0.15) is 11.5 Å². The van der Waals surface area contributed by atoms with Crippen molar-refractivity contribution in [2.24, 2.45) is 0 Å². The van der Waals surface area contributed by atoms with E-state index in [0.29, 0.717) is 0 Å². The molecule has 5 rings (SSSR count). The fraction of sp³-hybridized carbons (Fsp3) is 0.586. The van der Waals surface area contributed by atoms with E-state index in [-0.39, 0.29) is 0 Å². The summed E-state index contributed by atoms with van der Waals surface area (Å²) in [4.78, 5) is 0. The molecule has 2 aliphatic carbocycles. The summed E-state index contributed by atoms with van der Waals surface area (Å²) in [6, 6.07) is 4.62. The lowest BCUT2D eigenvalue weighted by Crippen LogP contribution is -2.12. The van der Waals surface area contributed by atoms with E-state index in [1.807, 2.05) is 27.7 Å². The van der Waals surface area contributed by atoms with Crippen molar-refractivity contribution in [2.75, 3.05) is 13.2 Å². The Morgan fingerprint density at radius 2 is 0.871 bits per heavy atom. The lowest BCUT2D eigenvalue weighted by Gasteiger charge is -2.29. The van der Waals surface area contributed by atoms with Crippen LogP contribution in [0, 0.1) is 13.8 Å². The van der Waals surface area contributed by atoms with E-state index in [9.17, 15) is 0 Å². The van der Waals surface area contributed by atoms with Gasteiger partial charge in [0.05, 0.1) is 13.2 Å². The topological polar surface area (TPSA) is 18.5 Å². The molecule has 2 nitrogen and oxygen atoms in total. The largest absolute Gasteiger partial charge is 0.493 e. The molecule has 31 heavy (non-hydrogen) atoms. The lowest BCUT2D eigenvalue weighted by atomic mass is 9.78. The molecule has 1 heterocycles. The third-order valence-electron chi connectivity index (χ3n) is 6.73. The van der Waals surface area contributed by atoms with Gasteiger partial charge in [-0.3, -0.25) is 0 Å². The quantitative estimate of drug-likeness (QED) is 0.429. The van der Waals surface area contributed by atoms with Crippen LogP contribution in [0.2, 0.25) is 0 Å². The highest BCUT2D eigenvalue weighted by Gasteiger charge is 2.28. The number of aryl methyl sites for hydroxylation is 2. The Hall–Kier alpha value is -1.96. The molecule has 0 radical (unpaired) electrons. The van der Waals surface area contributed by atoms with Gasteiger partial charge in [-0.25, -0.2) is 0 Å². The molecule has 0 saturated heterocycles. The second-order valence-electron chi connectivity index (χ2n) is 8.51. The van der Waals surface area contributed by atoms with E-state index in [2.05, 4.69) is 26.0 Å². The van der Waals surface area contributed by atoms with Crippen molar-refractivity contribution in [2.45, 2.75) is 99.3 Å². The van der Waals surface area contributed by atoms with Gasteiger partial charge < -0.3 is 9.47 Å². The van der Waals surface area contributed by atoms with Crippen LogP contribution in [-0.2, 0) is 25.7 Å². The van der Waals surface area contributed by atoms with Gasteiger partial charge in [0.25, 0.3) is 0 Å². The van der Waals surface area contributed by atoms with Gasteiger partial charge in [-0.1, -0.05) is 27.7 Å². The van der Waals surface area contributed by atoms with E-state index in [1.165, 1.54) is 73.6 Å². The molecule has 0 aromatic heterocycles. The predicted octanol–water partition coefficient (Wildman–Crippen LogP) is 7.94. The average molecular weight is 423 g/mol. The van der Waals surface area contributed by atoms with E-state index >= 15 is 0 Å². The van der Waals surface area contributed by atoms with Gasteiger partial charge in [0.2, 0.25) is 0 Å². The second kappa shape index (κ2) is 11.1. The van der Waals surface area contributed by atoms with Crippen LogP contribution in [0.1, 0.15) is 93.2 Å². The van der Waals surface area contributed by atoms with Crippen LogP contribution in [0.3, 0.4) is 0 Å². The van der Waals surface area contributed by atoms with Gasteiger partial charge in [-0.15, -0.1) is 0 Å². The standard InChI is InChI=1S/C25H30O2.2C2H6/c1-16-14-22-24(20-10-5-3-8-18(16)20)25-21-11-6-4-9-19(21)17(2)15-23(25)27-13-7-12-26-22;2*1-2/h14-15H,3-13H2,1-2H3;2*1-2H3. The molecule has 0 amide bonds. The molecular weight excluding hydrogens is 380 g/mol. The van der Waals surface area contributed by atoms with Gasteiger partial charge in [-0.05, 0) is 111 Å². The molecule has 0 bridgehead atoms. The molecular formula is C29H42O2. The highest BCUT2D eigenvalue weighted by Crippen LogP contribution is 2.48. The van der Waals surface area contributed by atoms with Crippen LogP contribution in [0.15, 0.2) is 12.1 Å². The summed E-state index contributed by atoms with van der Waals surface area (Å²) in [5.41, 5.74) is 11.8. The first-order valence-electron chi connectivity index (χ1n) is 12.8. The van der Waals surface area contributed by atoms with Gasteiger partial charge in [0.15, 0.2) is 0 Å². The first kappa shape index (κ1) is 23.7. The predicted molar refractivity (Wildman–Crippen MR) is 133 cm³/mol. The molecule has 0 atom stereocenters. The second-order valence-corrected chi connectivity index (χ2v) is 8.51. The molecule has 3 aliphatic rings. The first-order valence-corrected chi connectivity index (χ1v) is 12.8. The number of hydrogen-bond acceptors (Lipinski definition) is 2. The minimum Gasteiger partial charge on any atom is -0.493 e. The molecule has 0 saturated carbocycles. The number of benzene rings is 2. The smallest absolute Gasteiger partial charge is 0.127 e. The van der Waals surface area contributed by atoms with Crippen molar-refractivity contribution in [3.8, 4) is 22.6 Å². The SMILES string of the molecule is CC.CC.Cc1cc2c(c3c1CCCC3)-c1c(cc(C)c3c1CCCC3)OCCCO2. The zero-order chi connectivity index (χ0) is 22.4. The molecule has 1 aliphatic heterocycles. The van der Waals surface area contributed by atoms with E-state index in [0.717, 1.165) is 31.1 Å². The number of rotatable bonds is 0. The summed E-state index contributed by atoms with van der Waals surface area (Å²) in [5, 5.41) is 0. The summed E-state index contributed by atoms with van der Waals surface area (Å²) in [6.07, 6.45) is 10.9. The summed E-state index contributed by atoms with van der Waals surface area (Å²) in [7, 11) is 0. The van der Waals surface area contributed by atoms with E-state index in [1.54, 1.807) is 22.3 Å². The molecule has 2 aromatic rings. The highest BCUT2D eigenvalue weighted by molar-refractivity contribution is 5.85. The number of hydrogen-bond donors (Lipinski definition) is 0. The summed E-state index contributed by atoms with van der Waals surface area (Å²) in [5.74, 6) is 2.19. The van der Waals surface area contributed by atoms with Gasteiger partial charge in [-0.2, -0.15) is 0 Å². The van der Waals surface area contributed by atoms with Crippen LogP contribution in [0.25, 0.3) is 11.1 Å². The molecule has 0 fully saturated rings. The minimum absolute atomic E-state index is 0.736. The Bertz CT molecular complexity index is 821. The molecule has 170 valence electrons. The summed E-state index contributed by atoms with van der Waals surface area (Å²) >= 11 is 0. The Labute approximate surface area is 190 Å². The van der Waals surface area contributed by atoms with Crippen LogP contribution in [0.5, 0.6) is 11.5 Å². The van der Waals surface area contributed by atoms with Crippen molar-refractivity contribution >= 4 is 0 Å². The van der Waals surface area contributed by atoms with Crippen molar-refractivity contribution < 1.29 is 9.47 Å². The van der Waals surface area contributed by atoms with Crippen molar-refractivity contribution in [1.82, 2.24) is 0 Å². The van der Waals surface area contributed by atoms with Gasteiger partial charge >= 0.3 is 0 Å². The van der Waals surface area contributed by atoms with E-state index in [4.69, 9.17) is 9.47 Å². The van der Waals surface area contributed by atoms with Crippen LogP contribution in [-0.4, -0.2) is 13.2 Å². The molecule has 0 spiro atoms. The zero-order valence-electron chi connectivity index (χ0n) is 20.7. The minimum atomic E-state index is 0.736. The first-order chi connectivity index (χ1) is 15.2. The Morgan fingerprint density at radius 1 is 0.516 bits per heavy atom. The fourth-order valence-corrected chi connectivity index (χ4v) is 5.44. The monoisotopic (exact) mass is 422 g/mol. The van der Waals surface area contributed by atoms with Crippen LogP contribution >= 0.6 is 0 Å². The van der Waals surface area contributed by atoms with Crippen LogP contribution in [0.4, 0.5) is 0 Å². The zero-order valence-corrected chi connectivity index (χ0v) is 20.7. The normalized spacial score (nSPS) is 16.5. The maximum Gasteiger partial charge on any atom is 0.127 e. The lowest BCUT2D eigenvalue weighted by molar-refractivity contribution is 0.252. The maximum atomic E-state index is 6.35. The van der Waals surface area contributed by atoms with Crippen molar-refractivity contribution in [1.29, 1.82) is 0 Å². The fourth-order valence-electron chi connectivity index (χ4n) is 5.44. The summed E-state index contributed by atoms with van der Waals surface area (Å²) < 4.78 is 12.7. The Morgan fingerprint density at radius 3 is 1.26 bits per heavy atom. The molecule has 2 heteroatoms. The van der Waals surface area contributed by atoms with Crippen LogP contribution < -0.4 is 9.47 Å². The molecule has 0 unspecified atom stereocenters. The third kappa shape index (κ3) is 4.64.